The van der Waals surface area contributed by atoms with Gasteiger partial charge in [-0.1, -0.05) is 54.6 Å². The topological polar surface area (TPSA) is 67.4 Å². The normalized spacial score (nSPS) is 21.7. The third kappa shape index (κ3) is 4.52. The second kappa shape index (κ2) is 9.49. The smallest absolute Gasteiger partial charge is 0.220 e. The Balaban J connectivity index is 1.32. The van der Waals surface area contributed by atoms with Crippen LogP contribution in [-0.4, -0.2) is 24.5 Å². The van der Waals surface area contributed by atoms with Gasteiger partial charge in [0.2, 0.25) is 11.8 Å². The van der Waals surface area contributed by atoms with Gasteiger partial charge >= 0.3 is 0 Å². The maximum Gasteiger partial charge on any atom is 0.220 e. The molecule has 2 N–H and O–H groups in total. The zero-order chi connectivity index (χ0) is 23.5. The summed E-state index contributed by atoms with van der Waals surface area (Å²) in [4.78, 5) is 25.3. The number of carbonyl (C=O) groups is 2. The SMILES string of the molecule is COc1ccc(C[C@@]2(CCC(=O)N[C@H]3CCCc4ccccc43)CCC(=O)N2)c2ccccc12. The van der Waals surface area contributed by atoms with Crippen molar-refractivity contribution in [1.29, 1.82) is 0 Å². The summed E-state index contributed by atoms with van der Waals surface area (Å²) in [6, 6.07) is 20.8. The van der Waals surface area contributed by atoms with Gasteiger partial charge in [0.25, 0.3) is 0 Å². The third-order valence-corrected chi connectivity index (χ3v) is 7.49. The van der Waals surface area contributed by atoms with Crippen molar-refractivity contribution in [3.05, 3.63) is 77.4 Å². The minimum Gasteiger partial charge on any atom is -0.496 e. The first kappa shape index (κ1) is 22.5. The molecule has 1 fully saturated rings. The quantitative estimate of drug-likeness (QED) is 0.525. The third-order valence-electron chi connectivity index (χ3n) is 7.49. The van der Waals surface area contributed by atoms with Gasteiger partial charge in [0.1, 0.15) is 5.75 Å². The average Bonchev–Trinajstić information content (AvgIpc) is 3.24. The first-order valence-corrected chi connectivity index (χ1v) is 12.3. The molecule has 0 saturated carbocycles. The summed E-state index contributed by atoms with van der Waals surface area (Å²) >= 11 is 0. The molecular weight excluding hydrogens is 424 g/mol. The van der Waals surface area contributed by atoms with Crippen LogP contribution >= 0.6 is 0 Å². The second-order valence-electron chi connectivity index (χ2n) is 9.69. The van der Waals surface area contributed by atoms with E-state index in [1.54, 1.807) is 7.11 Å². The fraction of sp³-hybridized carbons (Fsp3) is 0.379. The van der Waals surface area contributed by atoms with Crippen LogP contribution < -0.4 is 15.4 Å². The van der Waals surface area contributed by atoms with Crippen LogP contribution in [0.3, 0.4) is 0 Å². The zero-order valence-electron chi connectivity index (χ0n) is 19.7. The Labute approximate surface area is 200 Å². The van der Waals surface area contributed by atoms with Crippen LogP contribution in [0.15, 0.2) is 60.7 Å². The molecule has 1 aliphatic carbocycles. The molecule has 0 unspecified atom stereocenters. The van der Waals surface area contributed by atoms with Gasteiger partial charge in [-0.25, -0.2) is 0 Å². The summed E-state index contributed by atoms with van der Waals surface area (Å²) in [6.45, 7) is 0. The average molecular weight is 457 g/mol. The van der Waals surface area contributed by atoms with E-state index in [4.69, 9.17) is 4.74 Å². The first-order valence-electron chi connectivity index (χ1n) is 12.3. The predicted octanol–water partition coefficient (Wildman–Crippen LogP) is 5.01. The largest absolute Gasteiger partial charge is 0.496 e. The number of carbonyl (C=O) groups excluding carboxylic acids is 2. The Hall–Kier alpha value is -3.34. The molecule has 0 aromatic heterocycles. The number of methoxy groups -OCH3 is 1. The van der Waals surface area contributed by atoms with Gasteiger partial charge in [-0.3, -0.25) is 9.59 Å². The molecule has 5 nitrogen and oxygen atoms in total. The highest BCUT2D eigenvalue weighted by Crippen LogP contribution is 2.35. The van der Waals surface area contributed by atoms with E-state index in [0.29, 0.717) is 25.7 Å². The summed E-state index contributed by atoms with van der Waals surface area (Å²) in [6.07, 6.45) is 6.11. The fourth-order valence-electron chi connectivity index (χ4n) is 5.74. The van der Waals surface area contributed by atoms with Gasteiger partial charge in [-0.05, 0) is 66.7 Å². The number of hydrogen-bond donors (Lipinski definition) is 2. The van der Waals surface area contributed by atoms with E-state index in [1.165, 1.54) is 16.7 Å². The Bertz CT molecular complexity index is 1220. The molecule has 1 heterocycles. The zero-order valence-corrected chi connectivity index (χ0v) is 19.7. The number of nitrogens with one attached hydrogen (secondary N) is 2. The molecule has 5 rings (SSSR count). The molecular formula is C29H32N2O3. The van der Waals surface area contributed by atoms with Crippen LogP contribution in [0.2, 0.25) is 0 Å². The van der Waals surface area contributed by atoms with Crippen molar-refractivity contribution in [3.63, 3.8) is 0 Å². The molecule has 2 amide bonds. The van der Waals surface area contributed by atoms with Crippen LogP contribution in [0, 0.1) is 0 Å². The number of ether oxygens (including phenoxy) is 1. The fourth-order valence-corrected chi connectivity index (χ4v) is 5.74. The number of amides is 2. The molecule has 0 radical (unpaired) electrons. The van der Waals surface area contributed by atoms with E-state index in [0.717, 1.165) is 42.2 Å². The summed E-state index contributed by atoms with van der Waals surface area (Å²) in [5.74, 6) is 0.970. The van der Waals surface area contributed by atoms with Crippen molar-refractivity contribution in [2.24, 2.45) is 0 Å². The van der Waals surface area contributed by atoms with Crippen LogP contribution in [0.5, 0.6) is 5.75 Å². The minimum absolute atomic E-state index is 0.0572. The lowest BCUT2D eigenvalue weighted by Gasteiger charge is -2.31. The van der Waals surface area contributed by atoms with Gasteiger partial charge < -0.3 is 15.4 Å². The molecule has 1 saturated heterocycles. The predicted molar refractivity (Wildman–Crippen MR) is 134 cm³/mol. The number of aryl methyl sites for hydroxylation is 1. The molecule has 0 spiro atoms. The van der Waals surface area contributed by atoms with Gasteiger partial charge in [0.05, 0.1) is 13.2 Å². The van der Waals surface area contributed by atoms with E-state index < -0.39 is 5.54 Å². The Morgan fingerprint density at radius 1 is 1.06 bits per heavy atom. The van der Waals surface area contributed by atoms with Crippen molar-refractivity contribution in [1.82, 2.24) is 10.6 Å². The van der Waals surface area contributed by atoms with Crippen molar-refractivity contribution < 1.29 is 14.3 Å². The van der Waals surface area contributed by atoms with Gasteiger partial charge in [0, 0.05) is 23.8 Å². The van der Waals surface area contributed by atoms with Crippen molar-refractivity contribution >= 4 is 22.6 Å². The standard InChI is InChI=1S/C29H32N2O3/c1-34-26-14-13-21(22-9-4-5-11-24(22)26)19-29(18-16-28(33)31-29)17-15-27(32)30-25-12-6-8-20-7-2-3-10-23(20)25/h2-5,7,9-11,13-14,25H,6,8,12,15-19H2,1H3,(H,30,32)(H,31,33)/t25-,29+/m0/s1. The summed E-state index contributed by atoms with van der Waals surface area (Å²) in [5, 5.41) is 8.70. The van der Waals surface area contributed by atoms with E-state index in [-0.39, 0.29) is 17.9 Å². The molecule has 5 heteroatoms. The number of hydrogen-bond acceptors (Lipinski definition) is 3. The molecule has 3 aromatic rings. The maximum absolute atomic E-state index is 13.0. The Morgan fingerprint density at radius 3 is 2.65 bits per heavy atom. The van der Waals surface area contributed by atoms with E-state index in [1.807, 2.05) is 24.3 Å². The summed E-state index contributed by atoms with van der Waals surface area (Å²) < 4.78 is 5.55. The van der Waals surface area contributed by atoms with Crippen LogP contribution in [0.1, 0.15) is 61.3 Å². The molecule has 3 aromatic carbocycles. The van der Waals surface area contributed by atoms with Gasteiger partial charge in [0.15, 0.2) is 0 Å². The van der Waals surface area contributed by atoms with Crippen LogP contribution in [-0.2, 0) is 22.4 Å². The number of fused-ring (bicyclic) bond motifs is 2. The summed E-state index contributed by atoms with van der Waals surface area (Å²) in [7, 11) is 1.68. The Morgan fingerprint density at radius 2 is 1.85 bits per heavy atom. The van der Waals surface area contributed by atoms with E-state index in [2.05, 4.69) is 47.0 Å². The lowest BCUT2D eigenvalue weighted by atomic mass is 9.83. The molecule has 2 aliphatic rings. The lowest BCUT2D eigenvalue weighted by Crippen LogP contribution is -2.44. The molecule has 1 aliphatic heterocycles. The lowest BCUT2D eigenvalue weighted by molar-refractivity contribution is -0.123. The molecule has 2 atom stereocenters. The molecule has 34 heavy (non-hydrogen) atoms. The molecule has 0 bridgehead atoms. The minimum atomic E-state index is -0.406. The summed E-state index contributed by atoms with van der Waals surface area (Å²) in [5.41, 5.74) is 3.34. The van der Waals surface area contributed by atoms with E-state index in [9.17, 15) is 9.59 Å². The van der Waals surface area contributed by atoms with Crippen molar-refractivity contribution in [2.45, 2.75) is 62.9 Å². The van der Waals surface area contributed by atoms with Crippen LogP contribution in [0.4, 0.5) is 0 Å². The highest BCUT2D eigenvalue weighted by molar-refractivity contribution is 5.91. The van der Waals surface area contributed by atoms with E-state index >= 15 is 0 Å². The highest BCUT2D eigenvalue weighted by atomic mass is 16.5. The second-order valence-corrected chi connectivity index (χ2v) is 9.69. The maximum atomic E-state index is 13.0. The first-order chi connectivity index (χ1) is 16.6. The Kier molecular flexibility index (Phi) is 6.27. The number of rotatable bonds is 7. The van der Waals surface area contributed by atoms with Crippen LogP contribution in [0.25, 0.3) is 10.8 Å². The highest BCUT2D eigenvalue weighted by Gasteiger charge is 2.38. The number of benzene rings is 3. The van der Waals surface area contributed by atoms with Crippen molar-refractivity contribution in [2.75, 3.05) is 7.11 Å². The molecule has 176 valence electrons. The van der Waals surface area contributed by atoms with Gasteiger partial charge in [-0.2, -0.15) is 0 Å². The van der Waals surface area contributed by atoms with Gasteiger partial charge in [-0.15, -0.1) is 0 Å². The monoisotopic (exact) mass is 456 g/mol. The van der Waals surface area contributed by atoms with Crippen molar-refractivity contribution in [3.8, 4) is 5.75 Å².